The second-order valence-corrected chi connectivity index (χ2v) is 4.25. The first-order valence-electron chi connectivity index (χ1n) is 3.68. The summed E-state index contributed by atoms with van der Waals surface area (Å²) < 4.78 is 26.3. The van der Waals surface area contributed by atoms with Gasteiger partial charge in [0.05, 0.1) is 0 Å². The molecule has 13 heavy (non-hydrogen) atoms. The van der Waals surface area contributed by atoms with Crippen molar-refractivity contribution in [3.63, 3.8) is 0 Å². The molecule has 0 amide bonds. The fraction of sp³-hybridized carbons (Fsp3) is 0.333. The molecule has 0 radical (unpaired) electrons. The molecule has 4 heteroatoms. The lowest BCUT2D eigenvalue weighted by atomic mass is 10.1. The monoisotopic (exact) mass is 312 g/mol. The standard InChI is InChI=1S/C9H8Br2F2/c1-9(12,13)7-3-2-6(5-10)4-8(7)11/h2-4H,5H2,1H3. The molecular formula is C9H8Br2F2. The Bertz CT molecular complexity index is 305. The van der Waals surface area contributed by atoms with Crippen molar-refractivity contribution in [3.8, 4) is 0 Å². The van der Waals surface area contributed by atoms with Crippen LogP contribution in [0.4, 0.5) is 8.78 Å². The number of halogens is 4. The lowest BCUT2D eigenvalue weighted by Crippen LogP contribution is -2.07. The van der Waals surface area contributed by atoms with Gasteiger partial charge in [0.25, 0.3) is 5.92 Å². The highest BCUT2D eigenvalue weighted by Gasteiger charge is 2.26. The molecule has 0 bridgehead atoms. The first-order valence-corrected chi connectivity index (χ1v) is 5.59. The second kappa shape index (κ2) is 4.05. The minimum Gasteiger partial charge on any atom is -0.202 e. The Hall–Kier alpha value is 0.0400. The Labute approximate surface area is 92.6 Å². The lowest BCUT2D eigenvalue weighted by molar-refractivity contribution is 0.0167. The van der Waals surface area contributed by atoms with Crippen molar-refractivity contribution in [1.82, 2.24) is 0 Å². The van der Waals surface area contributed by atoms with Crippen LogP contribution in [0, 0.1) is 0 Å². The van der Waals surface area contributed by atoms with Gasteiger partial charge in [-0.05, 0) is 11.6 Å². The molecule has 1 aromatic carbocycles. The van der Waals surface area contributed by atoms with Gasteiger partial charge in [0.2, 0.25) is 0 Å². The summed E-state index contributed by atoms with van der Waals surface area (Å²) in [6.07, 6.45) is 0. The van der Waals surface area contributed by atoms with Gasteiger partial charge in [-0.2, -0.15) is 0 Å². The SMILES string of the molecule is CC(F)(F)c1ccc(CBr)cc1Br. The van der Waals surface area contributed by atoms with E-state index in [9.17, 15) is 8.78 Å². The summed E-state index contributed by atoms with van der Waals surface area (Å²) in [6, 6.07) is 4.83. The third kappa shape index (κ3) is 2.74. The van der Waals surface area contributed by atoms with E-state index in [-0.39, 0.29) is 5.56 Å². The highest BCUT2D eigenvalue weighted by molar-refractivity contribution is 9.10. The Morgan fingerprint density at radius 2 is 2.00 bits per heavy atom. The first-order chi connectivity index (χ1) is 5.95. The molecule has 0 aromatic heterocycles. The number of benzene rings is 1. The smallest absolute Gasteiger partial charge is 0.202 e. The summed E-state index contributed by atoms with van der Waals surface area (Å²) in [4.78, 5) is 0. The van der Waals surface area contributed by atoms with E-state index in [1.807, 2.05) is 0 Å². The van der Waals surface area contributed by atoms with Crippen molar-refractivity contribution in [2.24, 2.45) is 0 Å². The van der Waals surface area contributed by atoms with E-state index in [4.69, 9.17) is 0 Å². The van der Waals surface area contributed by atoms with Crippen LogP contribution in [-0.4, -0.2) is 0 Å². The summed E-state index contributed by atoms with van der Waals surface area (Å²) in [5, 5.41) is 0.668. The van der Waals surface area contributed by atoms with Crippen LogP contribution in [0.1, 0.15) is 18.1 Å². The fourth-order valence-corrected chi connectivity index (χ4v) is 2.12. The Morgan fingerprint density at radius 3 is 2.38 bits per heavy atom. The molecule has 0 unspecified atom stereocenters. The number of rotatable bonds is 2. The Kier molecular flexibility index (Phi) is 3.46. The predicted molar refractivity (Wildman–Crippen MR) is 56.3 cm³/mol. The molecular weight excluding hydrogens is 306 g/mol. The van der Waals surface area contributed by atoms with Crippen LogP contribution in [0.25, 0.3) is 0 Å². The van der Waals surface area contributed by atoms with Gasteiger partial charge < -0.3 is 0 Å². The van der Waals surface area contributed by atoms with Gasteiger partial charge >= 0.3 is 0 Å². The molecule has 1 rings (SSSR count). The molecule has 0 aliphatic heterocycles. The van der Waals surface area contributed by atoms with Crippen LogP contribution in [0.2, 0.25) is 0 Å². The van der Waals surface area contributed by atoms with E-state index < -0.39 is 5.92 Å². The molecule has 1 aromatic rings. The van der Waals surface area contributed by atoms with Crippen LogP contribution in [0.3, 0.4) is 0 Å². The molecule has 0 aliphatic rings. The first kappa shape index (κ1) is 11.1. The van der Waals surface area contributed by atoms with Crippen molar-refractivity contribution in [2.75, 3.05) is 0 Å². The molecule has 0 spiro atoms. The molecule has 0 heterocycles. The maximum absolute atomic E-state index is 12.9. The molecule has 0 N–H and O–H groups in total. The van der Waals surface area contributed by atoms with Crippen LogP contribution >= 0.6 is 31.9 Å². The van der Waals surface area contributed by atoms with E-state index in [1.54, 1.807) is 12.1 Å². The minimum absolute atomic E-state index is 0.0252. The quantitative estimate of drug-likeness (QED) is 0.707. The van der Waals surface area contributed by atoms with Crippen LogP contribution in [0.5, 0.6) is 0 Å². The average molecular weight is 314 g/mol. The van der Waals surface area contributed by atoms with E-state index in [0.29, 0.717) is 9.80 Å². The van der Waals surface area contributed by atoms with Crippen LogP contribution in [0.15, 0.2) is 22.7 Å². The second-order valence-electron chi connectivity index (χ2n) is 2.84. The normalized spacial score (nSPS) is 11.8. The molecule has 0 fully saturated rings. The Morgan fingerprint density at radius 1 is 1.38 bits per heavy atom. The van der Waals surface area contributed by atoms with Crippen molar-refractivity contribution < 1.29 is 8.78 Å². The number of alkyl halides is 3. The lowest BCUT2D eigenvalue weighted by Gasteiger charge is -2.13. The summed E-state index contributed by atoms with van der Waals surface area (Å²) in [5.41, 5.74) is 0.997. The third-order valence-corrected chi connectivity index (χ3v) is 2.96. The maximum atomic E-state index is 12.9. The zero-order valence-electron chi connectivity index (χ0n) is 6.95. The number of hydrogen-bond donors (Lipinski definition) is 0. The average Bonchev–Trinajstić information content (AvgIpc) is 2.01. The van der Waals surface area contributed by atoms with Gasteiger partial charge in [-0.3, -0.25) is 0 Å². The van der Waals surface area contributed by atoms with Crippen molar-refractivity contribution in [3.05, 3.63) is 33.8 Å². The minimum atomic E-state index is -2.79. The molecule has 0 aliphatic carbocycles. The van der Waals surface area contributed by atoms with Crippen LogP contribution < -0.4 is 0 Å². The highest BCUT2D eigenvalue weighted by atomic mass is 79.9. The van der Waals surface area contributed by atoms with Gasteiger partial charge in [-0.15, -0.1) is 0 Å². The van der Waals surface area contributed by atoms with E-state index in [0.717, 1.165) is 12.5 Å². The van der Waals surface area contributed by atoms with Gasteiger partial charge in [0, 0.05) is 22.3 Å². The number of hydrogen-bond acceptors (Lipinski definition) is 0. The van der Waals surface area contributed by atoms with Crippen LogP contribution in [-0.2, 0) is 11.3 Å². The van der Waals surface area contributed by atoms with E-state index >= 15 is 0 Å². The fourth-order valence-electron chi connectivity index (χ4n) is 0.998. The molecule has 0 nitrogen and oxygen atoms in total. The molecule has 0 saturated carbocycles. The van der Waals surface area contributed by atoms with Gasteiger partial charge in [-0.25, -0.2) is 8.78 Å². The predicted octanol–water partition coefficient (Wildman–Crippen LogP) is 4.46. The summed E-state index contributed by atoms with van der Waals surface area (Å²) in [7, 11) is 0. The zero-order valence-corrected chi connectivity index (χ0v) is 10.1. The van der Waals surface area contributed by atoms with E-state index in [1.165, 1.54) is 6.07 Å². The van der Waals surface area contributed by atoms with Gasteiger partial charge in [-0.1, -0.05) is 44.0 Å². The zero-order chi connectivity index (χ0) is 10.1. The van der Waals surface area contributed by atoms with Crippen molar-refractivity contribution >= 4 is 31.9 Å². The third-order valence-electron chi connectivity index (χ3n) is 1.66. The Balaban J connectivity index is 3.13. The highest BCUT2D eigenvalue weighted by Crippen LogP contribution is 2.33. The van der Waals surface area contributed by atoms with Crippen molar-refractivity contribution in [2.45, 2.75) is 18.2 Å². The molecule has 0 atom stereocenters. The van der Waals surface area contributed by atoms with Gasteiger partial charge in [0.15, 0.2) is 0 Å². The summed E-state index contributed by atoms with van der Waals surface area (Å²) in [5.74, 6) is -2.79. The topological polar surface area (TPSA) is 0 Å². The van der Waals surface area contributed by atoms with Crippen molar-refractivity contribution in [1.29, 1.82) is 0 Å². The maximum Gasteiger partial charge on any atom is 0.271 e. The molecule has 0 saturated heterocycles. The van der Waals surface area contributed by atoms with Gasteiger partial charge in [0.1, 0.15) is 0 Å². The van der Waals surface area contributed by atoms with E-state index in [2.05, 4.69) is 31.9 Å². The summed E-state index contributed by atoms with van der Waals surface area (Å²) >= 11 is 6.38. The largest absolute Gasteiger partial charge is 0.271 e. The molecule has 72 valence electrons. The summed E-state index contributed by atoms with van der Waals surface area (Å²) in [6.45, 7) is 0.890.